The molecule has 6 nitrogen and oxygen atoms in total. The van der Waals surface area contributed by atoms with Gasteiger partial charge in [0, 0.05) is 31.5 Å². The molecule has 0 aliphatic carbocycles. The van der Waals surface area contributed by atoms with E-state index in [4.69, 9.17) is 16.3 Å². The first kappa shape index (κ1) is 21.2. The van der Waals surface area contributed by atoms with Crippen LogP contribution in [0.5, 0.6) is 0 Å². The molecular weight excluding hydrogens is 364 g/mol. The standard InChI is InChI=1S/C20H29ClN4O2/c1-6-24-9-7-8-15(13-24)14-25-16(10-18(26)27-20(2,3)4)11-23-19(21)17(25)12-22-5/h6,11-12,15H,1,5,7-10,13-14H2,2-4H3/b17-12-. The zero-order chi connectivity index (χ0) is 20.0. The van der Waals surface area contributed by atoms with Gasteiger partial charge in [-0.25, -0.2) is 4.99 Å². The second kappa shape index (κ2) is 9.22. The number of halogens is 1. The van der Waals surface area contributed by atoms with Gasteiger partial charge in [0.05, 0.1) is 18.3 Å². The molecule has 2 aliphatic rings. The summed E-state index contributed by atoms with van der Waals surface area (Å²) in [4.78, 5) is 24.7. The number of ether oxygens (including phenoxy) is 1. The van der Waals surface area contributed by atoms with Gasteiger partial charge in [0.15, 0.2) is 5.17 Å². The molecule has 2 aliphatic heterocycles. The lowest BCUT2D eigenvalue weighted by Crippen LogP contribution is -2.40. The highest BCUT2D eigenvalue weighted by atomic mass is 35.5. The molecule has 27 heavy (non-hydrogen) atoms. The largest absolute Gasteiger partial charge is 0.460 e. The molecule has 148 valence electrons. The van der Waals surface area contributed by atoms with Crippen LogP contribution in [-0.2, 0) is 9.53 Å². The van der Waals surface area contributed by atoms with E-state index in [0.29, 0.717) is 23.3 Å². The Kier molecular flexibility index (Phi) is 7.25. The van der Waals surface area contributed by atoms with Gasteiger partial charge in [-0.05, 0) is 52.4 Å². The van der Waals surface area contributed by atoms with Crippen LogP contribution in [0.3, 0.4) is 0 Å². The Morgan fingerprint density at radius 2 is 2.26 bits per heavy atom. The summed E-state index contributed by atoms with van der Waals surface area (Å²) in [6, 6.07) is 0. The Balaban J connectivity index is 2.20. The van der Waals surface area contributed by atoms with E-state index in [9.17, 15) is 4.79 Å². The van der Waals surface area contributed by atoms with Crippen molar-refractivity contribution in [2.75, 3.05) is 19.6 Å². The van der Waals surface area contributed by atoms with Crippen LogP contribution in [0.4, 0.5) is 0 Å². The molecule has 0 radical (unpaired) electrons. The molecule has 1 saturated heterocycles. The molecule has 0 N–H and O–H groups in total. The molecule has 7 heteroatoms. The van der Waals surface area contributed by atoms with E-state index < -0.39 is 5.60 Å². The van der Waals surface area contributed by atoms with Gasteiger partial charge in [-0.2, -0.15) is 0 Å². The van der Waals surface area contributed by atoms with Gasteiger partial charge in [0.2, 0.25) is 0 Å². The minimum atomic E-state index is -0.534. The predicted octanol–water partition coefficient (Wildman–Crippen LogP) is 3.91. The van der Waals surface area contributed by atoms with Crippen LogP contribution < -0.4 is 0 Å². The highest BCUT2D eigenvalue weighted by Crippen LogP contribution is 2.29. The van der Waals surface area contributed by atoms with Gasteiger partial charge in [0.1, 0.15) is 5.60 Å². The number of rotatable bonds is 6. The van der Waals surface area contributed by atoms with E-state index in [1.54, 1.807) is 12.4 Å². The summed E-state index contributed by atoms with van der Waals surface area (Å²) in [5.74, 6) is 0.115. The lowest BCUT2D eigenvalue weighted by atomic mass is 9.97. The lowest BCUT2D eigenvalue weighted by Gasteiger charge is -2.38. The second-order valence-corrected chi connectivity index (χ2v) is 8.15. The Morgan fingerprint density at radius 3 is 2.89 bits per heavy atom. The van der Waals surface area contributed by atoms with Gasteiger partial charge in [-0.1, -0.05) is 18.2 Å². The third-order valence-corrected chi connectivity index (χ3v) is 4.68. The Labute approximate surface area is 166 Å². The Hall–Kier alpha value is -2.08. The molecule has 0 amide bonds. The van der Waals surface area contributed by atoms with Gasteiger partial charge < -0.3 is 14.5 Å². The van der Waals surface area contributed by atoms with E-state index >= 15 is 0 Å². The average Bonchev–Trinajstić information content (AvgIpc) is 2.59. The van der Waals surface area contributed by atoms with E-state index in [0.717, 1.165) is 31.6 Å². The minimum Gasteiger partial charge on any atom is -0.460 e. The summed E-state index contributed by atoms with van der Waals surface area (Å²) in [6.45, 7) is 15.6. The van der Waals surface area contributed by atoms with Crippen LogP contribution in [0.1, 0.15) is 40.0 Å². The van der Waals surface area contributed by atoms with Crippen molar-refractivity contribution >= 4 is 29.5 Å². The number of allylic oxidation sites excluding steroid dienone is 1. The average molecular weight is 393 g/mol. The number of aliphatic imine (C=N–C) groups is 2. The fourth-order valence-corrected chi connectivity index (χ4v) is 3.49. The number of hydrogen-bond acceptors (Lipinski definition) is 6. The third-order valence-electron chi connectivity index (χ3n) is 4.38. The normalized spacial score (nSPS) is 22.2. The number of nitrogens with zero attached hydrogens (tertiary/aromatic N) is 4. The van der Waals surface area contributed by atoms with Crippen molar-refractivity contribution in [3.05, 3.63) is 36.6 Å². The number of likely N-dealkylation sites (tertiary alicyclic amines) is 1. The number of carbonyl (C=O) groups is 1. The molecule has 0 bridgehead atoms. The predicted molar refractivity (Wildman–Crippen MR) is 111 cm³/mol. The van der Waals surface area contributed by atoms with Crippen molar-refractivity contribution in [3.8, 4) is 0 Å². The highest BCUT2D eigenvalue weighted by molar-refractivity contribution is 6.69. The van der Waals surface area contributed by atoms with Gasteiger partial charge in [-0.3, -0.25) is 9.79 Å². The van der Waals surface area contributed by atoms with Crippen LogP contribution in [-0.4, -0.2) is 52.9 Å². The first-order chi connectivity index (χ1) is 12.7. The summed E-state index contributed by atoms with van der Waals surface area (Å²) >= 11 is 6.30. The van der Waals surface area contributed by atoms with Crippen molar-refractivity contribution in [2.45, 2.75) is 45.6 Å². The lowest BCUT2D eigenvalue weighted by molar-refractivity contribution is -0.154. The van der Waals surface area contributed by atoms with E-state index in [2.05, 4.69) is 28.2 Å². The summed E-state index contributed by atoms with van der Waals surface area (Å²) < 4.78 is 5.47. The second-order valence-electron chi connectivity index (χ2n) is 7.80. The molecule has 1 fully saturated rings. The van der Waals surface area contributed by atoms with Gasteiger partial charge >= 0.3 is 5.97 Å². The minimum absolute atomic E-state index is 0.122. The SMILES string of the molecule is C=CN1CCCC(CN2C(CC(=O)OC(C)(C)C)=CN=C(Cl)/C2=C/N=C)C1. The number of carbonyl (C=O) groups excluding carboxylic acids is 1. The Bertz CT molecular complexity index is 676. The van der Waals surface area contributed by atoms with Crippen LogP contribution in [0.2, 0.25) is 0 Å². The van der Waals surface area contributed by atoms with Crippen LogP contribution in [0.15, 0.2) is 46.6 Å². The number of hydrogen-bond donors (Lipinski definition) is 0. The number of esters is 1. The first-order valence-electron chi connectivity index (χ1n) is 9.18. The van der Waals surface area contributed by atoms with E-state index in [1.807, 2.05) is 31.9 Å². The van der Waals surface area contributed by atoms with E-state index in [-0.39, 0.29) is 12.4 Å². The molecule has 0 saturated carbocycles. The summed E-state index contributed by atoms with van der Waals surface area (Å²) in [5.41, 5.74) is 0.871. The maximum absolute atomic E-state index is 12.4. The molecule has 2 heterocycles. The first-order valence-corrected chi connectivity index (χ1v) is 9.56. The molecule has 0 aromatic carbocycles. The summed E-state index contributed by atoms with van der Waals surface area (Å²) in [6.07, 6.45) is 7.44. The van der Waals surface area contributed by atoms with Gasteiger partial charge in [0.25, 0.3) is 0 Å². The molecular formula is C20H29ClN4O2. The topological polar surface area (TPSA) is 57.5 Å². The van der Waals surface area contributed by atoms with Crippen LogP contribution in [0.25, 0.3) is 0 Å². The molecule has 0 aromatic heterocycles. The molecule has 1 unspecified atom stereocenters. The van der Waals surface area contributed by atoms with Crippen molar-refractivity contribution in [2.24, 2.45) is 15.9 Å². The fourth-order valence-electron chi connectivity index (χ4n) is 3.29. The van der Waals surface area contributed by atoms with Crippen molar-refractivity contribution < 1.29 is 9.53 Å². The quantitative estimate of drug-likeness (QED) is 0.508. The zero-order valence-corrected chi connectivity index (χ0v) is 17.2. The van der Waals surface area contributed by atoms with Crippen LogP contribution in [0, 0.1) is 5.92 Å². The third kappa shape index (κ3) is 6.24. The van der Waals surface area contributed by atoms with Crippen LogP contribution >= 0.6 is 11.6 Å². The Morgan fingerprint density at radius 1 is 1.52 bits per heavy atom. The monoisotopic (exact) mass is 392 g/mol. The zero-order valence-electron chi connectivity index (χ0n) is 16.4. The van der Waals surface area contributed by atoms with Crippen molar-refractivity contribution in [1.29, 1.82) is 0 Å². The smallest absolute Gasteiger partial charge is 0.312 e. The summed E-state index contributed by atoms with van der Waals surface area (Å²) in [5, 5.41) is 0.340. The molecule has 1 atom stereocenters. The molecule has 2 rings (SSSR count). The number of piperidine rings is 1. The fraction of sp³-hybridized carbons (Fsp3) is 0.550. The van der Waals surface area contributed by atoms with Gasteiger partial charge in [-0.15, -0.1) is 0 Å². The highest BCUT2D eigenvalue weighted by Gasteiger charge is 2.29. The van der Waals surface area contributed by atoms with E-state index in [1.165, 1.54) is 0 Å². The van der Waals surface area contributed by atoms with Crippen molar-refractivity contribution in [3.63, 3.8) is 0 Å². The molecule has 0 aromatic rings. The summed E-state index contributed by atoms with van der Waals surface area (Å²) in [7, 11) is 0. The molecule has 0 spiro atoms. The maximum Gasteiger partial charge on any atom is 0.312 e. The maximum atomic E-state index is 12.4. The van der Waals surface area contributed by atoms with Crippen molar-refractivity contribution in [1.82, 2.24) is 9.80 Å².